The average molecular weight is 761 g/mol. The molecule has 2 aromatic carbocycles. The van der Waals surface area contributed by atoms with Crippen LogP contribution in [0.2, 0.25) is 0 Å². The monoisotopic (exact) mass is 760 g/mol. The SMILES string of the molecule is Nc1nccc(-c2c(-c3ccc(F)cc3)ncn2C2CCN(CCOCCOCN3CCC(C[C@@](O)(Cn4cncn4)c4ccc(F)cc4F)CC3)CC2)n1. The Morgan fingerprint density at radius 3 is 2.31 bits per heavy atom. The summed E-state index contributed by atoms with van der Waals surface area (Å²) in [6, 6.07) is 11.6. The predicted octanol–water partition coefficient (Wildman–Crippen LogP) is 4.92. The van der Waals surface area contributed by atoms with E-state index in [-0.39, 0.29) is 35.8 Å². The van der Waals surface area contributed by atoms with Crippen molar-refractivity contribution >= 4 is 5.95 Å². The maximum atomic E-state index is 14.8. The van der Waals surface area contributed by atoms with Gasteiger partial charge >= 0.3 is 0 Å². The second-order valence-electron chi connectivity index (χ2n) is 14.4. The van der Waals surface area contributed by atoms with E-state index in [4.69, 9.17) is 20.2 Å². The molecule has 5 heterocycles. The van der Waals surface area contributed by atoms with Crippen LogP contribution in [0.1, 0.15) is 43.7 Å². The van der Waals surface area contributed by atoms with Crippen molar-refractivity contribution in [3.05, 3.63) is 96.7 Å². The zero-order valence-corrected chi connectivity index (χ0v) is 30.7. The Bertz CT molecular complexity index is 1970. The molecule has 2 saturated heterocycles. The third kappa shape index (κ3) is 9.74. The molecule has 0 saturated carbocycles. The zero-order chi connectivity index (χ0) is 38.2. The first kappa shape index (κ1) is 38.5. The van der Waals surface area contributed by atoms with Crippen molar-refractivity contribution in [2.24, 2.45) is 5.92 Å². The number of benzene rings is 2. The molecule has 0 unspecified atom stereocenters. The van der Waals surface area contributed by atoms with Crippen LogP contribution in [0.15, 0.2) is 73.7 Å². The summed E-state index contributed by atoms with van der Waals surface area (Å²) < 4.78 is 57.7. The van der Waals surface area contributed by atoms with Crippen molar-refractivity contribution in [3.8, 4) is 22.6 Å². The zero-order valence-electron chi connectivity index (χ0n) is 30.7. The van der Waals surface area contributed by atoms with Crippen LogP contribution < -0.4 is 5.73 Å². The highest BCUT2D eigenvalue weighted by atomic mass is 19.1. The van der Waals surface area contributed by atoms with Gasteiger partial charge < -0.3 is 29.8 Å². The first-order valence-corrected chi connectivity index (χ1v) is 18.8. The number of ether oxygens (including phenoxy) is 2. The molecule has 1 atom stereocenters. The van der Waals surface area contributed by atoms with E-state index in [9.17, 15) is 18.3 Å². The Morgan fingerprint density at radius 2 is 1.58 bits per heavy atom. The van der Waals surface area contributed by atoms with E-state index in [1.54, 1.807) is 18.3 Å². The average Bonchev–Trinajstić information content (AvgIpc) is 3.86. The molecule has 13 nitrogen and oxygen atoms in total. The van der Waals surface area contributed by atoms with Crippen molar-refractivity contribution in [2.45, 2.75) is 50.3 Å². The fraction of sp³-hybridized carbons (Fsp3) is 0.462. The molecule has 7 rings (SSSR count). The molecular weight excluding hydrogens is 713 g/mol. The van der Waals surface area contributed by atoms with E-state index in [1.165, 1.54) is 41.6 Å². The van der Waals surface area contributed by atoms with Crippen LogP contribution in [0.3, 0.4) is 0 Å². The van der Waals surface area contributed by atoms with Gasteiger partial charge in [0.2, 0.25) is 5.95 Å². The van der Waals surface area contributed by atoms with E-state index in [1.807, 2.05) is 12.4 Å². The maximum absolute atomic E-state index is 14.8. The van der Waals surface area contributed by atoms with E-state index in [0.717, 1.165) is 81.4 Å². The van der Waals surface area contributed by atoms with Gasteiger partial charge in [0.05, 0.1) is 56.5 Å². The molecule has 5 aromatic rings. The summed E-state index contributed by atoms with van der Waals surface area (Å²) in [6.07, 6.45) is 10.1. The number of piperidine rings is 2. The number of anilines is 1. The van der Waals surface area contributed by atoms with Gasteiger partial charge in [-0.05, 0) is 74.4 Å². The lowest BCUT2D eigenvalue weighted by atomic mass is 9.80. The van der Waals surface area contributed by atoms with Crippen molar-refractivity contribution in [1.82, 2.24) is 44.1 Å². The molecule has 3 N–H and O–H groups in total. The van der Waals surface area contributed by atoms with Gasteiger partial charge in [-0.15, -0.1) is 0 Å². The highest BCUT2D eigenvalue weighted by Gasteiger charge is 2.37. The molecule has 2 aliphatic rings. The number of hydrogen-bond acceptors (Lipinski definition) is 11. The van der Waals surface area contributed by atoms with E-state index >= 15 is 0 Å². The molecule has 2 aliphatic heterocycles. The van der Waals surface area contributed by atoms with Crippen molar-refractivity contribution in [2.75, 3.05) is 65.0 Å². The molecule has 55 heavy (non-hydrogen) atoms. The lowest BCUT2D eigenvalue weighted by Crippen LogP contribution is -2.40. The minimum Gasteiger partial charge on any atom is -0.383 e. The topological polar surface area (TPSA) is 146 Å². The van der Waals surface area contributed by atoms with Gasteiger partial charge in [0.15, 0.2) is 0 Å². The first-order chi connectivity index (χ1) is 26.7. The smallest absolute Gasteiger partial charge is 0.220 e. The maximum Gasteiger partial charge on any atom is 0.220 e. The quantitative estimate of drug-likeness (QED) is 0.132. The number of aliphatic hydroxyl groups is 1. The summed E-state index contributed by atoms with van der Waals surface area (Å²) in [5.41, 5.74) is 7.50. The second-order valence-corrected chi connectivity index (χ2v) is 14.4. The van der Waals surface area contributed by atoms with Gasteiger partial charge in [0.1, 0.15) is 35.7 Å². The number of nitrogens with zero attached hydrogens (tertiary/aromatic N) is 9. The lowest BCUT2D eigenvalue weighted by molar-refractivity contribution is -0.0397. The third-order valence-corrected chi connectivity index (χ3v) is 10.6. The number of aromatic nitrogens is 7. The molecular formula is C39H47F3N10O3. The number of rotatable bonds is 16. The Morgan fingerprint density at radius 1 is 0.836 bits per heavy atom. The van der Waals surface area contributed by atoms with Crippen LogP contribution >= 0.6 is 0 Å². The predicted molar refractivity (Wildman–Crippen MR) is 199 cm³/mol. The number of hydrogen-bond donors (Lipinski definition) is 2. The molecule has 0 radical (unpaired) electrons. The first-order valence-electron chi connectivity index (χ1n) is 18.8. The second kappa shape index (κ2) is 17.8. The van der Waals surface area contributed by atoms with Crippen LogP contribution in [0.5, 0.6) is 0 Å². The summed E-state index contributed by atoms with van der Waals surface area (Å²) in [6.45, 7) is 6.31. The van der Waals surface area contributed by atoms with E-state index in [2.05, 4.69) is 34.4 Å². The van der Waals surface area contributed by atoms with Gasteiger partial charge in [0, 0.05) is 62.2 Å². The van der Waals surface area contributed by atoms with Gasteiger partial charge in [0.25, 0.3) is 0 Å². The number of nitrogen functional groups attached to an aromatic ring is 1. The highest BCUT2D eigenvalue weighted by Crippen LogP contribution is 2.37. The standard InChI is InChI=1S/C39H47F3N10O3/c40-30-3-1-29(2-4-30)36-37(35-7-12-45-38(43)48-35)52(26-46-36)32-10-15-49(16-11-32)17-18-54-19-20-55-27-50-13-8-28(9-14-50)22-39(53,23-51-25-44-24-47-51)33-6-5-31(41)21-34(33)42/h1-7,12,21,24-26,28,32,53H,8-11,13-20,22-23,27H2,(H2,43,45,48)/t39-/m1/s1. The number of halogens is 3. The molecule has 0 amide bonds. The van der Waals surface area contributed by atoms with Gasteiger partial charge in [-0.25, -0.2) is 37.8 Å². The Hall–Kier alpha value is -4.74. The number of likely N-dealkylation sites (tertiary alicyclic amines) is 2. The fourth-order valence-electron chi connectivity index (χ4n) is 7.75. The fourth-order valence-corrected chi connectivity index (χ4v) is 7.75. The summed E-state index contributed by atoms with van der Waals surface area (Å²) in [7, 11) is 0. The van der Waals surface area contributed by atoms with Crippen LogP contribution in [0.25, 0.3) is 22.6 Å². The molecule has 2 fully saturated rings. The Balaban J connectivity index is 0.810. The van der Waals surface area contributed by atoms with E-state index < -0.39 is 17.2 Å². The normalized spacial score (nSPS) is 17.5. The van der Waals surface area contributed by atoms with Crippen molar-refractivity contribution in [3.63, 3.8) is 0 Å². The lowest BCUT2D eigenvalue weighted by Gasteiger charge is -2.37. The van der Waals surface area contributed by atoms with Crippen molar-refractivity contribution < 1.29 is 27.8 Å². The molecule has 292 valence electrons. The van der Waals surface area contributed by atoms with Gasteiger partial charge in [-0.3, -0.25) is 4.90 Å². The van der Waals surface area contributed by atoms with Gasteiger partial charge in [-0.1, -0.05) is 6.07 Å². The van der Waals surface area contributed by atoms with Gasteiger partial charge in [-0.2, -0.15) is 5.10 Å². The summed E-state index contributed by atoms with van der Waals surface area (Å²) in [4.78, 5) is 21.8. The van der Waals surface area contributed by atoms with Crippen LogP contribution in [-0.2, 0) is 21.6 Å². The van der Waals surface area contributed by atoms with Crippen LogP contribution in [0.4, 0.5) is 19.1 Å². The largest absolute Gasteiger partial charge is 0.383 e. The van der Waals surface area contributed by atoms with Crippen molar-refractivity contribution in [1.29, 1.82) is 0 Å². The Kier molecular flexibility index (Phi) is 12.5. The van der Waals surface area contributed by atoms with Crippen LogP contribution in [-0.4, -0.2) is 108 Å². The molecule has 0 spiro atoms. The minimum absolute atomic E-state index is 0.0193. The summed E-state index contributed by atoms with van der Waals surface area (Å²) in [5, 5.41) is 15.8. The number of imidazole rings is 1. The van der Waals surface area contributed by atoms with E-state index in [0.29, 0.717) is 38.7 Å². The highest BCUT2D eigenvalue weighted by molar-refractivity contribution is 5.77. The number of nitrogens with two attached hydrogens (primary N) is 1. The van der Waals surface area contributed by atoms with Crippen LogP contribution in [0, 0.1) is 23.4 Å². The molecule has 3 aromatic heterocycles. The summed E-state index contributed by atoms with van der Waals surface area (Å²) in [5.74, 6) is -1.44. The Labute approximate surface area is 317 Å². The molecule has 0 bridgehead atoms. The summed E-state index contributed by atoms with van der Waals surface area (Å²) >= 11 is 0. The molecule has 0 aliphatic carbocycles. The minimum atomic E-state index is -1.56. The molecule has 16 heteroatoms. The third-order valence-electron chi connectivity index (χ3n) is 10.6.